The van der Waals surface area contributed by atoms with E-state index in [1.54, 1.807) is 0 Å². The smallest absolute Gasteiger partial charge is 0.303 e. The minimum atomic E-state index is -0.718. The van der Waals surface area contributed by atoms with Crippen LogP contribution in [0.1, 0.15) is 37.8 Å². The van der Waals surface area contributed by atoms with E-state index in [0.717, 1.165) is 19.5 Å². The zero-order valence-electron chi connectivity index (χ0n) is 12.2. The number of nitrogens with zero attached hydrogens (tertiary/aromatic N) is 1. The molecule has 0 aromatic heterocycles. The molecule has 1 rings (SSSR count). The third-order valence-corrected chi connectivity index (χ3v) is 3.16. The van der Waals surface area contributed by atoms with E-state index in [-0.39, 0.29) is 12.3 Å². The van der Waals surface area contributed by atoms with Crippen LogP contribution in [0.4, 0.5) is 0 Å². The summed E-state index contributed by atoms with van der Waals surface area (Å²) >= 11 is 0. The van der Waals surface area contributed by atoms with Crippen molar-refractivity contribution in [3.8, 4) is 0 Å². The van der Waals surface area contributed by atoms with Crippen molar-refractivity contribution in [3.05, 3.63) is 35.4 Å². The van der Waals surface area contributed by atoms with Gasteiger partial charge >= 0.3 is 5.97 Å². The molecule has 0 saturated carbocycles. The van der Waals surface area contributed by atoms with Gasteiger partial charge in [0, 0.05) is 19.5 Å². The lowest BCUT2D eigenvalue weighted by molar-refractivity contribution is -0.138. The molecule has 0 aliphatic heterocycles. The van der Waals surface area contributed by atoms with Crippen LogP contribution in [-0.2, 0) is 17.8 Å². The second-order valence-electron chi connectivity index (χ2n) is 5.47. The van der Waals surface area contributed by atoms with E-state index in [1.807, 2.05) is 14.0 Å². The average molecular weight is 263 g/mol. The van der Waals surface area contributed by atoms with E-state index in [1.165, 1.54) is 17.5 Å². The van der Waals surface area contributed by atoms with E-state index in [2.05, 4.69) is 36.1 Å². The Kier molecular flexibility index (Phi) is 6.57. The van der Waals surface area contributed by atoms with E-state index in [9.17, 15) is 4.79 Å². The van der Waals surface area contributed by atoms with Gasteiger partial charge in [-0.05, 0) is 30.5 Å². The van der Waals surface area contributed by atoms with Gasteiger partial charge in [-0.3, -0.25) is 4.79 Å². The first-order valence-electron chi connectivity index (χ1n) is 6.99. The number of hydrogen-bond donors (Lipinski definition) is 1. The molecule has 0 bridgehead atoms. The predicted octanol–water partition coefficient (Wildman–Crippen LogP) is 3.18. The quantitative estimate of drug-likeness (QED) is 0.783. The molecule has 1 aromatic carbocycles. The summed E-state index contributed by atoms with van der Waals surface area (Å²) in [5, 5.41) is 8.75. The van der Waals surface area contributed by atoms with Crippen LogP contribution < -0.4 is 0 Å². The topological polar surface area (TPSA) is 40.5 Å². The fraction of sp³-hybridized carbons (Fsp3) is 0.562. The van der Waals surface area contributed by atoms with E-state index in [0.29, 0.717) is 0 Å². The van der Waals surface area contributed by atoms with E-state index >= 15 is 0 Å². The van der Waals surface area contributed by atoms with Gasteiger partial charge in [0.05, 0.1) is 0 Å². The first-order chi connectivity index (χ1) is 9.01. The zero-order valence-corrected chi connectivity index (χ0v) is 12.2. The number of aliphatic carboxylic acids is 1. The minimum Gasteiger partial charge on any atom is -0.481 e. The molecule has 19 heavy (non-hydrogen) atoms. The summed E-state index contributed by atoms with van der Waals surface area (Å²) in [5.41, 5.74) is 2.66. The van der Waals surface area contributed by atoms with Crippen molar-refractivity contribution in [3.63, 3.8) is 0 Å². The second-order valence-corrected chi connectivity index (χ2v) is 5.47. The third kappa shape index (κ3) is 6.39. The van der Waals surface area contributed by atoms with Gasteiger partial charge in [-0.1, -0.05) is 44.5 Å². The van der Waals surface area contributed by atoms with Crippen LogP contribution in [0, 0.1) is 5.92 Å². The van der Waals surface area contributed by atoms with Crippen molar-refractivity contribution < 1.29 is 9.90 Å². The fourth-order valence-electron chi connectivity index (χ4n) is 2.37. The highest BCUT2D eigenvalue weighted by atomic mass is 16.4. The van der Waals surface area contributed by atoms with Crippen molar-refractivity contribution in [1.29, 1.82) is 0 Å². The number of benzene rings is 1. The van der Waals surface area contributed by atoms with Crippen molar-refractivity contribution >= 4 is 5.97 Å². The Bertz CT molecular complexity index is 386. The first kappa shape index (κ1) is 15.7. The Balaban J connectivity index is 2.43. The fourth-order valence-corrected chi connectivity index (χ4v) is 2.37. The maximum absolute atomic E-state index is 10.6. The van der Waals surface area contributed by atoms with Gasteiger partial charge < -0.3 is 10.0 Å². The van der Waals surface area contributed by atoms with Gasteiger partial charge in [0.2, 0.25) is 0 Å². The summed E-state index contributed by atoms with van der Waals surface area (Å²) in [7, 11) is 2.04. The molecule has 1 atom stereocenters. The Hall–Kier alpha value is -1.35. The minimum absolute atomic E-state index is 0.182. The lowest BCUT2D eigenvalue weighted by atomic mass is 10.1. The standard InChI is InChI=1S/C16H25NO2/c1-4-5-14-6-8-15(9-7-14)12-17(3)11-13(2)10-16(18)19/h6-9,13H,4-5,10-12H2,1-3H3,(H,18,19). The largest absolute Gasteiger partial charge is 0.481 e. The first-order valence-corrected chi connectivity index (χ1v) is 6.99. The van der Waals surface area contributed by atoms with Crippen LogP contribution in [0.5, 0.6) is 0 Å². The van der Waals surface area contributed by atoms with E-state index < -0.39 is 5.97 Å². The monoisotopic (exact) mass is 263 g/mol. The molecule has 106 valence electrons. The molecule has 1 N–H and O–H groups in total. The Morgan fingerprint density at radius 1 is 1.26 bits per heavy atom. The summed E-state index contributed by atoms with van der Waals surface area (Å²) in [6.07, 6.45) is 2.54. The van der Waals surface area contributed by atoms with Crippen LogP contribution >= 0.6 is 0 Å². The van der Waals surface area contributed by atoms with Gasteiger partial charge in [0.25, 0.3) is 0 Å². The maximum Gasteiger partial charge on any atom is 0.303 e. The number of carbonyl (C=O) groups is 1. The molecule has 0 aliphatic carbocycles. The van der Waals surface area contributed by atoms with Crippen LogP contribution in [0.2, 0.25) is 0 Å². The van der Waals surface area contributed by atoms with Crippen molar-refractivity contribution in [2.24, 2.45) is 5.92 Å². The molecule has 0 spiro atoms. The number of rotatable bonds is 8. The van der Waals surface area contributed by atoms with Gasteiger partial charge in [0.1, 0.15) is 0 Å². The molecule has 0 fully saturated rings. The molecule has 0 radical (unpaired) electrons. The molecule has 0 saturated heterocycles. The summed E-state index contributed by atoms with van der Waals surface area (Å²) in [5.74, 6) is -0.535. The summed E-state index contributed by atoms with van der Waals surface area (Å²) < 4.78 is 0. The molecule has 0 aliphatic rings. The highest BCUT2D eigenvalue weighted by Crippen LogP contribution is 2.10. The third-order valence-electron chi connectivity index (χ3n) is 3.16. The van der Waals surface area contributed by atoms with Gasteiger partial charge in [-0.25, -0.2) is 0 Å². The van der Waals surface area contributed by atoms with Crippen molar-refractivity contribution in [2.75, 3.05) is 13.6 Å². The summed E-state index contributed by atoms with van der Waals surface area (Å²) in [6, 6.07) is 8.72. The Labute approximate surface area is 116 Å². The Morgan fingerprint density at radius 2 is 1.84 bits per heavy atom. The van der Waals surface area contributed by atoms with Gasteiger partial charge in [0.15, 0.2) is 0 Å². The van der Waals surface area contributed by atoms with Crippen molar-refractivity contribution in [1.82, 2.24) is 4.90 Å². The molecule has 1 aromatic rings. The molecule has 0 heterocycles. The average Bonchev–Trinajstić information content (AvgIpc) is 2.30. The Morgan fingerprint density at radius 3 is 2.37 bits per heavy atom. The van der Waals surface area contributed by atoms with Crippen LogP contribution in [0.3, 0.4) is 0 Å². The molecular formula is C16H25NO2. The highest BCUT2D eigenvalue weighted by Gasteiger charge is 2.10. The second kappa shape index (κ2) is 7.95. The lowest BCUT2D eigenvalue weighted by Gasteiger charge is -2.20. The number of aryl methyl sites for hydroxylation is 1. The van der Waals surface area contributed by atoms with Crippen LogP contribution in [-0.4, -0.2) is 29.6 Å². The van der Waals surface area contributed by atoms with Crippen LogP contribution in [0.15, 0.2) is 24.3 Å². The molecule has 0 amide bonds. The van der Waals surface area contributed by atoms with Crippen LogP contribution in [0.25, 0.3) is 0 Å². The maximum atomic E-state index is 10.6. The molecule has 1 unspecified atom stereocenters. The normalized spacial score (nSPS) is 12.6. The van der Waals surface area contributed by atoms with E-state index in [4.69, 9.17) is 5.11 Å². The zero-order chi connectivity index (χ0) is 14.3. The number of carboxylic acid groups (broad SMARTS) is 1. The molecule has 3 heteroatoms. The predicted molar refractivity (Wildman–Crippen MR) is 78.2 cm³/mol. The molecular weight excluding hydrogens is 238 g/mol. The molecule has 3 nitrogen and oxygen atoms in total. The lowest BCUT2D eigenvalue weighted by Crippen LogP contribution is -2.25. The van der Waals surface area contributed by atoms with Gasteiger partial charge in [-0.2, -0.15) is 0 Å². The highest BCUT2D eigenvalue weighted by molar-refractivity contribution is 5.66. The summed E-state index contributed by atoms with van der Waals surface area (Å²) in [6.45, 7) is 5.85. The number of hydrogen-bond acceptors (Lipinski definition) is 2. The van der Waals surface area contributed by atoms with Crippen molar-refractivity contribution in [2.45, 2.75) is 39.7 Å². The SMILES string of the molecule is CCCc1ccc(CN(C)CC(C)CC(=O)O)cc1. The number of carboxylic acids is 1. The summed E-state index contributed by atoms with van der Waals surface area (Å²) in [4.78, 5) is 12.8. The van der Waals surface area contributed by atoms with Gasteiger partial charge in [-0.15, -0.1) is 0 Å².